The number of halogens is 2. The Balaban J connectivity index is 0.00000441. The minimum Gasteiger partial charge on any atom is -0.469 e. The van der Waals surface area contributed by atoms with Gasteiger partial charge in [0.2, 0.25) is 5.91 Å². The van der Waals surface area contributed by atoms with Gasteiger partial charge in [0.15, 0.2) is 0 Å². The van der Waals surface area contributed by atoms with Gasteiger partial charge in [-0.15, -0.1) is 12.4 Å². The predicted molar refractivity (Wildman–Crippen MR) is 81.0 cm³/mol. The van der Waals surface area contributed by atoms with Gasteiger partial charge in [-0.05, 0) is 17.7 Å². The number of carbonyl (C=O) groups is 2. The van der Waals surface area contributed by atoms with E-state index in [4.69, 9.17) is 10.5 Å². The van der Waals surface area contributed by atoms with Crippen molar-refractivity contribution in [1.82, 2.24) is 5.32 Å². The van der Waals surface area contributed by atoms with Crippen molar-refractivity contribution in [1.29, 1.82) is 0 Å². The van der Waals surface area contributed by atoms with E-state index < -0.39 is 29.8 Å². The van der Waals surface area contributed by atoms with E-state index in [1.807, 2.05) is 0 Å². The number of amides is 1. The van der Waals surface area contributed by atoms with Gasteiger partial charge in [-0.3, -0.25) is 9.59 Å². The molecule has 0 saturated heterocycles. The van der Waals surface area contributed by atoms with Gasteiger partial charge in [-0.2, -0.15) is 0 Å². The van der Waals surface area contributed by atoms with Crippen molar-refractivity contribution in [3.05, 3.63) is 35.6 Å². The first kappa shape index (κ1) is 20.3. The topological polar surface area (TPSA) is 90.6 Å². The number of nitrogens with one attached hydrogen (secondary N) is 1. The van der Waals surface area contributed by atoms with E-state index in [-0.39, 0.29) is 25.4 Å². The fourth-order valence-electron chi connectivity index (χ4n) is 1.73. The van der Waals surface area contributed by atoms with E-state index in [1.165, 1.54) is 38.5 Å². The van der Waals surface area contributed by atoms with Crippen LogP contribution in [0.4, 0.5) is 4.39 Å². The summed E-state index contributed by atoms with van der Waals surface area (Å²) in [7, 11) is 2.68. The number of hydrogen-bond donors (Lipinski definition) is 2. The minimum atomic E-state index is -0.851. The van der Waals surface area contributed by atoms with Crippen LogP contribution in [0.5, 0.6) is 0 Å². The number of rotatable bonds is 7. The molecule has 2 unspecified atom stereocenters. The van der Waals surface area contributed by atoms with Gasteiger partial charge in [-0.1, -0.05) is 12.1 Å². The standard InChI is InChI=1S/C14H19FN2O4.ClH/c1-20-8-11(16)14(19)17-12(7-13(18)21-2)9-3-5-10(15)6-4-9;/h3-6,11-12H,7-8,16H2,1-2H3,(H,17,19);1H. The van der Waals surface area contributed by atoms with Crippen molar-refractivity contribution in [3.8, 4) is 0 Å². The molecular weight excluding hydrogens is 315 g/mol. The normalized spacial score (nSPS) is 12.7. The molecule has 0 bridgehead atoms. The molecule has 0 aliphatic carbocycles. The summed E-state index contributed by atoms with van der Waals surface area (Å²) >= 11 is 0. The molecule has 1 aromatic rings. The van der Waals surface area contributed by atoms with E-state index >= 15 is 0 Å². The Kier molecular flexibility index (Phi) is 9.32. The van der Waals surface area contributed by atoms with Gasteiger partial charge >= 0.3 is 5.97 Å². The van der Waals surface area contributed by atoms with Crippen LogP contribution in [0.15, 0.2) is 24.3 Å². The monoisotopic (exact) mass is 334 g/mol. The van der Waals surface area contributed by atoms with Gasteiger partial charge in [0.25, 0.3) is 0 Å². The van der Waals surface area contributed by atoms with Crippen LogP contribution in [0.25, 0.3) is 0 Å². The van der Waals surface area contributed by atoms with E-state index in [0.717, 1.165) is 0 Å². The lowest BCUT2D eigenvalue weighted by Crippen LogP contribution is -2.45. The molecule has 124 valence electrons. The Bertz CT molecular complexity index is 484. The van der Waals surface area contributed by atoms with Crippen molar-refractivity contribution in [2.75, 3.05) is 20.8 Å². The van der Waals surface area contributed by atoms with Gasteiger partial charge in [0.1, 0.15) is 11.9 Å². The van der Waals surface area contributed by atoms with Crippen molar-refractivity contribution in [3.63, 3.8) is 0 Å². The zero-order chi connectivity index (χ0) is 15.8. The van der Waals surface area contributed by atoms with Gasteiger partial charge < -0.3 is 20.5 Å². The van der Waals surface area contributed by atoms with Crippen LogP contribution >= 0.6 is 12.4 Å². The number of esters is 1. The smallest absolute Gasteiger partial charge is 0.307 e. The Hall–Kier alpha value is -1.70. The maximum absolute atomic E-state index is 13.0. The molecule has 0 radical (unpaired) electrons. The van der Waals surface area contributed by atoms with Gasteiger partial charge in [-0.25, -0.2) is 4.39 Å². The Morgan fingerprint density at radius 2 is 1.86 bits per heavy atom. The molecule has 0 saturated carbocycles. The van der Waals surface area contributed by atoms with E-state index in [9.17, 15) is 14.0 Å². The highest BCUT2D eigenvalue weighted by molar-refractivity contribution is 5.85. The lowest BCUT2D eigenvalue weighted by atomic mass is 10.0. The van der Waals surface area contributed by atoms with Crippen LogP contribution in [0.1, 0.15) is 18.0 Å². The minimum absolute atomic E-state index is 0. The summed E-state index contributed by atoms with van der Waals surface area (Å²) in [5.41, 5.74) is 6.21. The molecule has 22 heavy (non-hydrogen) atoms. The predicted octanol–water partition coefficient (Wildman–Crippen LogP) is 0.942. The first-order valence-corrected chi connectivity index (χ1v) is 6.35. The lowest BCUT2D eigenvalue weighted by Gasteiger charge is -2.20. The number of nitrogens with two attached hydrogens (primary N) is 1. The van der Waals surface area contributed by atoms with Crippen LogP contribution in [-0.4, -0.2) is 38.7 Å². The van der Waals surface area contributed by atoms with E-state index in [2.05, 4.69) is 10.1 Å². The lowest BCUT2D eigenvalue weighted by molar-refractivity contribution is -0.141. The zero-order valence-corrected chi connectivity index (χ0v) is 13.2. The molecule has 1 amide bonds. The number of methoxy groups -OCH3 is 2. The van der Waals surface area contributed by atoms with Gasteiger partial charge in [0, 0.05) is 7.11 Å². The molecule has 0 aliphatic rings. The molecule has 8 heteroatoms. The summed E-state index contributed by atoms with van der Waals surface area (Å²) in [4.78, 5) is 23.3. The second-order valence-corrected chi connectivity index (χ2v) is 4.45. The molecule has 6 nitrogen and oxygen atoms in total. The second kappa shape index (κ2) is 10.1. The number of ether oxygens (including phenoxy) is 2. The molecule has 3 N–H and O–H groups in total. The largest absolute Gasteiger partial charge is 0.469 e. The number of hydrogen-bond acceptors (Lipinski definition) is 5. The van der Waals surface area contributed by atoms with Crippen molar-refractivity contribution >= 4 is 24.3 Å². The molecule has 1 aromatic carbocycles. The summed E-state index contributed by atoms with van der Waals surface area (Å²) in [5.74, 6) is -1.36. The molecule has 1 rings (SSSR count). The fraction of sp³-hybridized carbons (Fsp3) is 0.429. The zero-order valence-electron chi connectivity index (χ0n) is 12.4. The van der Waals surface area contributed by atoms with Crippen molar-refractivity contribution in [2.45, 2.75) is 18.5 Å². The Morgan fingerprint density at radius 1 is 1.27 bits per heavy atom. The van der Waals surface area contributed by atoms with Crippen molar-refractivity contribution < 1.29 is 23.5 Å². The van der Waals surface area contributed by atoms with Crippen LogP contribution in [-0.2, 0) is 19.1 Å². The maximum atomic E-state index is 13.0. The third-order valence-electron chi connectivity index (χ3n) is 2.87. The van der Waals surface area contributed by atoms with E-state index in [1.54, 1.807) is 0 Å². The third kappa shape index (κ3) is 6.38. The highest BCUT2D eigenvalue weighted by atomic mass is 35.5. The second-order valence-electron chi connectivity index (χ2n) is 4.45. The molecule has 2 atom stereocenters. The van der Waals surface area contributed by atoms with Crippen LogP contribution < -0.4 is 11.1 Å². The fourth-order valence-corrected chi connectivity index (χ4v) is 1.73. The Labute approximate surface area is 134 Å². The first-order valence-electron chi connectivity index (χ1n) is 6.35. The molecule has 0 spiro atoms. The highest BCUT2D eigenvalue weighted by Gasteiger charge is 2.22. The average molecular weight is 335 g/mol. The third-order valence-corrected chi connectivity index (χ3v) is 2.87. The summed E-state index contributed by atoms with van der Waals surface area (Å²) in [6.45, 7) is 0.0557. The summed E-state index contributed by atoms with van der Waals surface area (Å²) < 4.78 is 22.4. The molecule has 0 aromatic heterocycles. The molecule has 0 aliphatic heterocycles. The first-order chi connectivity index (χ1) is 9.97. The summed E-state index contributed by atoms with van der Waals surface area (Å²) in [6, 6.07) is 3.99. The molecule has 0 heterocycles. The Morgan fingerprint density at radius 3 is 2.36 bits per heavy atom. The van der Waals surface area contributed by atoms with Gasteiger partial charge in [0.05, 0.1) is 26.2 Å². The number of carbonyl (C=O) groups excluding carboxylic acids is 2. The highest BCUT2D eigenvalue weighted by Crippen LogP contribution is 2.18. The summed E-state index contributed by atoms with van der Waals surface area (Å²) in [6.07, 6.45) is -0.0758. The van der Waals surface area contributed by atoms with Crippen LogP contribution in [0.2, 0.25) is 0 Å². The quantitative estimate of drug-likeness (QED) is 0.724. The van der Waals surface area contributed by atoms with Crippen LogP contribution in [0.3, 0.4) is 0 Å². The average Bonchev–Trinajstić information content (AvgIpc) is 2.47. The van der Waals surface area contributed by atoms with Crippen LogP contribution in [0, 0.1) is 5.82 Å². The van der Waals surface area contributed by atoms with E-state index in [0.29, 0.717) is 5.56 Å². The molecular formula is C14H20ClFN2O4. The maximum Gasteiger partial charge on any atom is 0.307 e. The summed E-state index contributed by atoms with van der Waals surface area (Å²) in [5, 5.41) is 2.64. The molecule has 0 fully saturated rings. The van der Waals surface area contributed by atoms with Crippen molar-refractivity contribution in [2.24, 2.45) is 5.73 Å². The SMILES string of the molecule is COCC(N)C(=O)NC(CC(=O)OC)c1ccc(F)cc1.Cl. The number of benzene rings is 1.